The summed E-state index contributed by atoms with van der Waals surface area (Å²) in [6, 6.07) is 6.09. The SMILES string of the molecule is Cc1ccc(OCCC(=O)N2CCC(OCCCN)CC2)c(C)c1. The first-order valence-corrected chi connectivity index (χ1v) is 8.89. The van der Waals surface area contributed by atoms with E-state index in [0.717, 1.165) is 50.3 Å². The van der Waals surface area contributed by atoms with Crippen LogP contribution in [0.5, 0.6) is 5.75 Å². The quantitative estimate of drug-likeness (QED) is 0.742. The zero-order chi connectivity index (χ0) is 17.4. The van der Waals surface area contributed by atoms with Gasteiger partial charge in [0, 0.05) is 19.7 Å². The van der Waals surface area contributed by atoms with Gasteiger partial charge >= 0.3 is 0 Å². The number of amides is 1. The lowest BCUT2D eigenvalue weighted by molar-refractivity contribution is -0.134. The highest BCUT2D eigenvalue weighted by Crippen LogP contribution is 2.19. The number of benzene rings is 1. The third-order valence-electron chi connectivity index (χ3n) is 4.40. The number of carbonyl (C=O) groups excluding carboxylic acids is 1. The molecule has 0 saturated carbocycles. The molecule has 0 radical (unpaired) electrons. The molecule has 1 aromatic rings. The molecule has 24 heavy (non-hydrogen) atoms. The molecule has 1 aliphatic heterocycles. The topological polar surface area (TPSA) is 64.8 Å². The summed E-state index contributed by atoms with van der Waals surface area (Å²) in [6.07, 6.45) is 3.41. The molecule has 0 spiro atoms. The van der Waals surface area contributed by atoms with E-state index in [0.29, 0.717) is 19.6 Å². The molecular weight excluding hydrogens is 304 g/mol. The molecule has 2 rings (SSSR count). The van der Waals surface area contributed by atoms with Gasteiger partial charge in [0.2, 0.25) is 5.91 Å². The Morgan fingerprint density at radius 2 is 2.00 bits per heavy atom. The molecule has 0 bridgehead atoms. The minimum atomic E-state index is 0.167. The maximum atomic E-state index is 12.3. The van der Waals surface area contributed by atoms with E-state index in [-0.39, 0.29) is 12.0 Å². The average Bonchev–Trinajstić information content (AvgIpc) is 2.57. The van der Waals surface area contributed by atoms with Gasteiger partial charge in [-0.15, -0.1) is 0 Å². The van der Waals surface area contributed by atoms with Gasteiger partial charge in [0.25, 0.3) is 0 Å². The monoisotopic (exact) mass is 334 g/mol. The van der Waals surface area contributed by atoms with Crippen LogP contribution in [0.3, 0.4) is 0 Å². The van der Waals surface area contributed by atoms with Gasteiger partial charge in [0.1, 0.15) is 5.75 Å². The number of rotatable bonds is 8. The van der Waals surface area contributed by atoms with Gasteiger partial charge in [-0.3, -0.25) is 4.79 Å². The largest absolute Gasteiger partial charge is 0.493 e. The van der Waals surface area contributed by atoms with Crippen molar-refractivity contribution in [1.29, 1.82) is 0 Å². The summed E-state index contributed by atoms with van der Waals surface area (Å²) >= 11 is 0. The fourth-order valence-electron chi connectivity index (χ4n) is 2.97. The summed E-state index contributed by atoms with van der Waals surface area (Å²) in [4.78, 5) is 14.2. The highest BCUT2D eigenvalue weighted by molar-refractivity contribution is 5.76. The standard InChI is InChI=1S/C19H30N2O3/c1-15-4-5-18(16(2)14-15)24-13-8-19(22)21-10-6-17(7-11-21)23-12-3-9-20/h4-5,14,17H,3,6-13,20H2,1-2H3. The summed E-state index contributed by atoms with van der Waals surface area (Å²) in [6.45, 7) is 7.45. The lowest BCUT2D eigenvalue weighted by Gasteiger charge is -2.32. The molecule has 5 heteroatoms. The van der Waals surface area contributed by atoms with Crippen LogP contribution in [0, 0.1) is 13.8 Å². The molecule has 134 valence electrons. The summed E-state index contributed by atoms with van der Waals surface area (Å²) in [5.41, 5.74) is 7.79. The average molecular weight is 334 g/mol. The molecular formula is C19H30N2O3. The van der Waals surface area contributed by atoms with Gasteiger partial charge in [0.15, 0.2) is 0 Å². The molecule has 0 unspecified atom stereocenters. The maximum Gasteiger partial charge on any atom is 0.226 e. The number of likely N-dealkylation sites (tertiary alicyclic amines) is 1. The number of hydrogen-bond acceptors (Lipinski definition) is 4. The van der Waals surface area contributed by atoms with E-state index >= 15 is 0 Å². The van der Waals surface area contributed by atoms with Crippen LogP contribution in [-0.4, -0.2) is 49.8 Å². The predicted molar refractivity (Wildman–Crippen MR) is 95.3 cm³/mol. The molecule has 0 aromatic heterocycles. The molecule has 1 saturated heterocycles. The van der Waals surface area contributed by atoms with Crippen molar-refractivity contribution in [1.82, 2.24) is 4.90 Å². The number of aryl methyl sites for hydroxylation is 2. The van der Waals surface area contributed by atoms with Gasteiger partial charge in [-0.2, -0.15) is 0 Å². The molecule has 1 amide bonds. The first-order valence-electron chi connectivity index (χ1n) is 8.89. The van der Waals surface area contributed by atoms with Crippen LogP contribution in [0.2, 0.25) is 0 Å². The fraction of sp³-hybridized carbons (Fsp3) is 0.632. The van der Waals surface area contributed by atoms with Crippen LogP contribution in [0.4, 0.5) is 0 Å². The summed E-state index contributed by atoms with van der Waals surface area (Å²) in [7, 11) is 0. The van der Waals surface area contributed by atoms with Crippen molar-refractivity contribution in [2.24, 2.45) is 5.73 Å². The molecule has 5 nitrogen and oxygen atoms in total. The van der Waals surface area contributed by atoms with Crippen molar-refractivity contribution in [2.75, 3.05) is 32.8 Å². The summed E-state index contributed by atoms with van der Waals surface area (Å²) in [5.74, 6) is 1.03. The zero-order valence-electron chi connectivity index (χ0n) is 14.9. The van der Waals surface area contributed by atoms with Crippen molar-refractivity contribution in [3.63, 3.8) is 0 Å². The third-order valence-corrected chi connectivity index (χ3v) is 4.40. The van der Waals surface area contributed by atoms with Crippen molar-refractivity contribution >= 4 is 5.91 Å². The van der Waals surface area contributed by atoms with Crippen LogP contribution in [0.25, 0.3) is 0 Å². The molecule has 1 aliphatic rings. The second-order valence-corrected chi connectivity index (χ2v) is 6.46. The van der Waals surface area contributed by atoms with Gasteiger partial charge in [-0.05, 0) is 51.3 Å². The third kappa shape index (κ3) is 5.80. The lowest BCUT2D eigenvalue weighted by atomic mass is 10.1. The smallest absolute Gasteiger partial charge is 0.226 e. The lowest BCUT2D eigenvalue weighted by Crippen LogP contribution is -2.41. The summed E-state index contributed by atoms with van der Waals surface area (Å²) < 4.78 is 11.5. The van der Waals surface area contributed by atoms with Crippen molar-refractivity contribution in [2.45, 2.75) is 45.6 Å². The molecule has 2 N–H and O–H groups in total. The minimum absolute atomic E-state index is 0.167. The van der Waals surface area contributed by atoms with Gasteiger partial charge in [-0.25, -0.2) is 0 Å². The van der Waals surface area contributed by atoms with E-state index in [2.05, 4.69) is 13.0 Å². The fourth-order valence-corrected chi connectivity index (χ4v) is 2.97. The Kier molecular flexibility index (Phi) is 7.53. The maximum absolute atomic E-state index is 12.3. The first-order chi connectivity index (χ1) is 11.6. The molecule has 1 fully saturated rings. The van der Waals surface area contributed by atoms with E-state index in [4.69, 9.17) is 15.2 Å². The van der Waals surface area contributed by atoms with Crippen LogP contribution >= 0.6 is 0 Å². The van der Waals surface area contributed by atoms with Crippen LogP contribution in [0.15, 0.2) is 18.2 Å². The van der Waals surface area contributed by atoms with Crippen molar-refractivity contribution in [3.05, 3.63) is 29.3 Å². The van der Waals surface area contributed by atoms with Crippen molar-refractivity contribution < 1.29 is 14.3 Å². The predicted octanol–water partition coefficient (Wildman–Crippen LogP) is 2.43. The Morgan fingerprint density at radius 3 is 2.67 bits per heavy atom. The van der Waals surface area contributed by atoms with E-state index in [1.165, 1.54) is 5.56 Å². The number of carbonyl (C=O) groups is 1. The van der Waals surface area contributed by atoms with E-state index in [1.807, 2.05) is 24.0 Å². The number of hydrogen-bond donors (Lipinski definition) is 1. The molecule has 0 atom stereocenters. The van der Waals surface area contributed by atoms with Gasteiger partial charge in [0.05, 0.1) is 19.1 Å². The Balaban J connectivity index is 1.66. The highest BCUT2D eigenvalue weighted by atomic mass is 16.5. The van der Waals surface area contributed by atoms with E-state index in [9.17, 15) is 4.79 Å². The Labute approximate surface area is 145 Å². The van der Waals surface area contributed by atoms with E-state index < -0.39 is 0 Å². The molecule has 0 aliphatic carbocycles. The van der Waals surface area contributed by atoms with Crippen LogP contribution in [0.1, 0.15) is 36.8 Å². The molecule has 1 aromatic carbocycles. The Morgan fingerprint density at radius 1 is 1.25 bits per heavy atom. The highest BCUT2D eigenvalue weighted by Gasteiger charge is 2.22. The van der Waals surface area contributed by atoms with Crippen molar-refractivity contribution in [3.8, 4) is 5.75 Å². The van der Waals surface area contributed by atoms with Crippen LogP contribution < -0.4 is 10.5 Å². The van der Waals surface area contributed by atoms with Gasteiger partial charge in [-0.1, -0.05) is 17.7 Å². The number of nitrogens with two attached hydrogens (primary N) is 1. The number of piperidine rings is 1. The second kappa shape index (κ2) is 9.64. The number of ether oxygens (including phenoxy) is 2. The Bertz CT molecular complexity index is 525. The molecule has 1 heterocycles. The normalized spacial score (nSPS) is 15.5. The van der Waals surface area contributed by atoms with Gasteiger partial charge < -0.3 is 20.1 Å². The van der Waals surface area contributed by atoms with E-state index in [1.54, 1.807) is 0 Å². The first kappa shape index (κ1) is 18.7. The minimum Gasteiger partial charge on any atom is -0.493 e. The zero-order valence-corrected chi connectivity index (χ0v) is 14.9. The Hall–Kier alpha value is -1.59. The number of nitrogens with zero attached hydrogens (tertiary/aromatic N) is 1. The second-order valence-electron chi connectivity index (χ2n) is 6.46. The van der Waals surface area contributed by atoms with Crippen LogP contribution in [-0.2, 0) is 9.53 Å². The summed E-state index contributed by atoms with van der Waals surface area (Å²) in [5, 5.41) is 0.